The zero-order valence-corrected chi connectivity index (χ0v) is 16.9. The monoisotopic (exact) mass is 389 g/mol. The lowest BCUT2D eigenvalue weighted by atomic mass is 10.1. The van der Waals surface area contributed by atoms with Crippen LogP contribution in [0.3, 0.4) is 0 Å². The molecular weight excluding hydrogens is 366 g/mol. The summed E-state index contributed by atoms with van der Waals surface area (Å²) >= 11 is 0. The van der Waals surface area contributed by atoms with Gasteiger partial charge in [-0.25, -0.2) is 9.67 Å². The van der Waals surface area contributed by atoms with Gasteiger partial charge in [0.05, 0.1) is 22.1 Å². The Kier molecular flexibility index (Phi) is 4.45. The predicted molar refractivity (Wildman–Crippen MR) is 114 cm³/mol. The Labute approximate surface area is 168 Å². The number of benzene rings is 2. The second kappa shape index (κ2) is 6.84. The molecule has 0 aliphatic carbocycles. The van der Waals surface area contributed by atoms with Crippen LogP contribution in [-0.4, -0.2) is 25.2 Å². The van der Waals surface area contributed by atoms with Crippen molar-refractivity contribution in [3.8, 4) is 0 Å². The average Bonchev–Trinajstić information content (AvgIpc) is 3.04. The summed E-state index contributed by atoms with van der Waals surface area (Å²) < 4.78 is 3.19. The van der Waals surface area contributed by atoms with Crippen molar-refractivity contribution in [1.29, 1.82) is 0 Å². The van der Waals surface area contributed by atoms with E-state index in [9.17, 15) is 9.59 Å². The van der Waals surface area contributed by atoms with Crippen LogP contribution in [-0.2, 0) is 16.9 Å². The van der Waals surface area contributed by atoms with E-state index >= 15 is 0 Å². The lowest BCUT2D eigenvalue weighted by Crippen LogP contribution is -2.32. The van der Waals surface area contributed by atoms with Crippen LogP contribution in [0.5, 0.6) is 0 Å². The van der Waals surface area contributed by atoms with Crippen molar-refractivity contribution in [2.75, 3.05) is 5.32 Å². The maximum atomic E-state index is 12.8. The highest BCUT2D eigenvalue weighted by Gasteiger charge is 2.23. The summed E-state index contributed by atoms with van der Waals surface area (Å²) in [6.45, 7) is 7.80. The average molecular weight is 389 g/mol. The summed E-state index contributed by atoms with van der Waals surface area (Å²) in [5.74, 6) is 0.101. The Balaban J connectivity index is 1.69. The van der Waals surface area contributed by atoms with Crippen molar-refractivity contribution in [3.05, 3.63) is 64.6 Å². The van der Waals surface area contributed by atoms with Gasteiger partial charge in [-0.3, -0.25) is 14.9 Å². The fourth-order valence-corrected chi connectivity index (χ4v) is 3.60. The second-order valence-corrected chi connectivity index (χ2v) is 8.07. The molecule has 0 spiro atoms. The van der Waals surface area contributed by atoms with Crippen molar-refractivity contribution < 1.29 is 4.79 Å². The van der Waals surface area contributed by atoms with Gasteiger partial charge in [0.25, 0.3) is 5.56 Å². The number of para-hydroxylation sites is 2. The Morgan fingerprint density at radius 2 is 1.69 bits per heavy atom. The van der Waals surface area contributed by atoms with Crippen molar-refractivity contribution in [1.82, 2.24) is 19.3 Å². The molecule has 0 unspecified atom stereocenters. The topological polar surface area (TPSA) is 81.8 Å². The number of carbonyl (C=O) groups is 1. The molecule has 0 radical (unpaired) electrons. The van der Waals surface area contributed by atoms with Crippen LogP contribution in [0.4, 0.5) is 5.95 Å². The van der Waals surface area contributed by atoms with Gasteiger partial charge in [0, 0.05) is 10.9 Å². The largest absolute Gasteiger partial charge is 0.305 e. The lowest BCUT2D eigenvalue weighted by molar-refractivity contribution is -0.117. The standard InChI is InChI=1S/C22H23N5O2/c1-14-15-9-5-6-10-16(15)20(29)26(25-14)13-19(28)24-21-23-17-11-7-8-12-18(17)27(21)22(2,3)4/h5-12H,13H2,1-4H3,(H,23,24,28). The van der Waals surface area contributed by atoms with Crippen molar-refractivity contribution in [3.63, 3.8) is 0 Å². The van der Waals surface area contributed by atoms with Gasteiger partial charge in [-0.15, -0.1) is 0 Å². The first-order valence-corrected chi connectivity index (χ1v) is 9.50. The smallest absolute Gasteiger partial charge is 0.275 e. The van der Waals surface area contributed by atoms with E-state index in [1.54, 1.807) is 12.1 Å². The highest BCUT2D eigenvalue weighted by molar-refractivity contribution is 5.92. The molecule has 0 aliphatic heterocycles. The lowest BCUT2D eigenvalue weighted by Gasteiger charge is -2.24. The van der Waals surface area contributed by atoms with E-state index in [-0.39, 0.29) is 23.6 Å². The van der Waals surface area contributed by atoms with Gasteiger partial charge in [0.2, 0.25) is 11.9 Å². The quantitative estimate of drug-likeness (QED) is 0.582. The molecule has 29 heavy (non-hydrogen) atoms. The van der Waals surface area contributed by atoms with Crippen LogP contribution >= 0.6 is 0 Å². The zero-order chi connectivity index (χ0) is 20.8. The predicted octanol–water partition coefficient (Wildman–Crippen LogP) is 3.45. The third kappa shape index (κ3) is 3.40. The molecule has 148 valence electrons. The summed E-state index contributed by atoms with van der Waals surface area (Å²) in [4.78, 5) is 30.1. The van der Waals surface area contributed by atoms with E-state index in [0.29, 0.717) is 17.0 Å². The summed E-state index contributed by atoms with van der Waals surface area (Å²) in [7, 11) is 0. The number of nitrogens with zero attached hydrogens (tertiary/aromatic N) is 4. The van der Waals surface area contributed by atoms with Crippen molar-refractivity contribution >= 4 is 33.7 Å². The Morgan fingerprint density at radius 1 is 1.03 bits per heavy atom. The molecule has 7 heteroatoms. The number of rotatable bonds is 3. The normalized spacial score (nSPS) is 11.9. The third-order valence-electron chi connectivity index (χ3n) is 4.83. The minimum atomic E-state index is -0.352. The van der Waals surface area contributed by atoms with Crippen molar-refractivity contribution in [2.24, 2.45) is 0 Å². The highest BCUT2D eigenvalue weighted by Crippen LogP contribution is 2.27. The van der Waals surface area contributed by atoms with E-state index in [1.165, 1.54) is 4.68 Å². The van der Waals surface area contributed by atoms with Crippen LogP contribution in [0.2, 0.25) is 0 Å². The Hall–Kier alpha value is -3.48. The summed E-state index contributed by atoms with van der Waals surface area (Å²) in [5, 5.41) is 8.52. The maximum absolute atomic E-state index is 12.8. The van der Waals surface area contributed by atoms with Gasteiger partial charge in [-0.1, -0.05) is 30.3 Å². The molecule has 4 rings (SSSR count). The molecular formula is C22H23N5O2. The van der Waals surface area contributed by atoms with Gasteiger partial charge in [0.1, 0.15) is 6.54 Å². The summed E-state index contributed by atoms with van der Waals surface area (Å²) in [6.07, 6.45) is 0. The molecule has 0 bridgehead atoms. The van der Waals surface area contributed by atoms with E-state index in [4.69, 9.17) is 0 Å². The molecule has 0 fully saturated rings. The van der Waals surface area contributed by atoms with Crippen LogP contribution in [0.15, 0.2) is 53.3 Å². The number of hydrogen-bond donors (Lipinski definition) is 1. The molecule has 0 saturated heterocycles. The van der Waals surface area contributed by atoms with Crippen LogP contribution in [0.1, 0.15) is 26.5 Å². The minimum absolute atomic E-state index is 0.183. The fraction of sp³-hybridized carbons (Fsp3) is 0.273. The third-order valence-corrected chi connectivity index (χ3v) is 4.83. The summed E-state index contributed by atoms with van der Waals surface area (Å²) in [5.41, 5.74) is 1.87. The van der Waals surface area contributed by atoms with E-state index in [1.807, 2.05) is 47.9 Å². The molecule has 0 aliphatic rings. The van der Waals surface area contributed by atoms with Gasteiger partial charge >= 0.3 is 0 Å². The number of carbonyl (C=O) groups excluding carboxylic acids is 1. The molecule has 7 nitrogen and oxygen atoms in total. The molecule has 0 atom stereocenters. The van der Waals surface area contributed by atoms with Gasteiger partial charge in [-0.05, 0) is 45.9 Å². The van der Waals surface area contributed by atoms with E-state index in [2.05, 4.69) is 36.2 Å². The second-order valence-electron chi connectivity index (χ2n) is 8.07. The number of anilines is 1. The molecule has 1 amide bonds. The number of imidazole rings is 1. The van der Waals surface area contributed by atoms with Gasteiger partial charge < -0.3 is 4.57 Å². The molecule has 2 aromatic heterocycles. The molecule has 2 aromatic carbocycles. The van der Waals surface area contributed by atoms with Gasteiger partial charge in [-0.2, -0.15) is 5.10 Å². The first-order valence-electron chi connectivity index (χ1n) is 9.50. The number of amides is 1. The Bertz CT molecular complexity index is 1290. The SMILES string of the molecule is Cc1nn(CC(=O)Nc2nc3ccccc3n2C(C)(C)C)c(=O)c2ccccc12. The van der Waals surface area contributed by atoms with Crippen LogP contribution in [0.25, 0.3) is 21.8 Å². The highest BCUT2D eigenvalue weighted by atomic mass is 16.2. The molecule has 1 N–H and O–H groups in total. The first-order chi connectivity index (χ1) is 13.8. The maximum Gasteiger partial charge on any atom is 0.275 e. The van der Waals surface area contributed by atoms with E-state index < -0.39 is 0 Å². The minimum Gasteiger partial charge on any atom is -0.305 e. The number of aromatic nitrogens is 4. The number of hydrogen-bond acceptors (Lipinski definition) is 4. The van der Waals surface area contributed by atoms with Crippen LogP contribution in [0, 0.1) is 6.92 Å². The number of fused-ring (bicyclic) bond motifs is 2. The molecule has 4 aromatic rings. The fourth-order valence-electron chi connectivity index (χ4n) is 3.60. The number of aryl methyl sites for hydroxylation is 1. The molecule has 0 saturated carbocycles. The van der Waals surface area contributed by atoms with Crippen LogP contribution < -0.4 is 10.9 Å². The summed E-state index contributed by atoms with van der Waals surface area (Å²) in [6, 6.07) is 15.0. The number of nitrogens with one attached hydrogen (secondary N) is 1. The van der Waals surface area contributed by atoms with Gasteiger partial charge in [0.15, 0.2) is 0 Å². The Morgan fingerprint density at radius 3 is 2.41 bits per heavy atom. The molecule has 2 heterocycles. The van der Waals surface area contributed by atoms with Crippen molar-refractivity contribution in [2.45, 2.75) is 39.8 Å². The zero-order valence-electron chi connectivity index (χ0n) is 16.9. The van der Waals surface area contributed by atoms with E-state index in [0.717, 1.165) is 16.4 Å². The first kappa shape index (κ1) is 18.9.